The third-order valence-corrected chi connectivity index (χ3v) is 6.85. The van der Waals surface area contributed by atoms with Gasteiger partial charge in [-0.2, -0.15) is 5.10 Å². The van der Waals surface area contributed by atoms with Crippen LogP contribution in [0.1, 0.15) is 25.3 Å². The molecule has 1 aliphatic heterocycles. The van der Waals surface area contributed by atoms with Crippen LogP contribution in [-0.4, -0.2) is 52.2 Å². The molecule has 2 aromatic heterocycles. The first-order valence-electron chi connectivity index (χ1n) is 10.7. The molecule has 4 atom stereocenters. The summed E-state index contributed by atoms with van der Waals surface area (Å²) in [6.07, 6.45) is 1.15. The van der Waals surface area contributed by atoms with Gasteiger partial charge in [0.15, 0.2) is 6.23 Å². The molecule has 4 N–H and O–H groups in total. The first-order chi connectivity index (χ1) is 15.8. The van der Waals surface area contributed by atoms with Crippen LogP contribution >= 0.6 is 11.3 Å². The van der Waals surface area contributed by atoms with Crippen LogP contribution in [0.5, 0.6) is 0 Å². The number of aryl methyl sites for hydroxylation is 1. The molecule has 4 rings (SSSR count). The molecular weight excluding hydrogens is 450 g/mol. The highest BCUT2D eigenvalue weighted by molar-refractivity contribution is 7.13. The van der Waals surface area contributed by atoms with Crippen LogP contribution in [-0.2, 0) is 11.8 Å². The largest absolute Gasteiger partial charge is 0.379 e. The van der Waals surface area contributed by atoms with Crippen molar-refractivity contribution in [3.63, 3.8) is 0 Å². The predicted octanol–water partition coefficient (Wildman–Crippen LogP) is 3.11. The van der Waals surface area contributed by atoms with E-state index in [0.717, 1.165) is 23.6 Å². The van der Waals surface area contributed by atoms with E-state index >= 15 is 0 Å². The number of aliphatic hydroxyl groups excluding tert-OH is 1. The number of nitrogens with two attached hydrogens (primary N) is 1. The summed E-state index contributed by atoms with van der Waals surface area (Å²) in [5.74, 6) is -0.399. The van der Waals surface area contributed by atoms with Crippen LogP contribution in [0.3, 0.4) is 0 Å². The number of halogens is 2. The molecule has 1 unspecified atom stereocenters. The summed E-state index contributed by atoms with van der Waals surface area (Å²) in [4.78, 5) is 6.43. The van der Waals surface area contributed by atoms with Gasteiger partial charge in [-0.3, -0.25) is 4.68 Å². The van der Waals surface area contributed by atoms with Crippen LogP contribution in [0.2, 0.25) is 0 Å². The van der Waals surface area contributed by atoms with Gasteiger partial charge in [-0.15, -0.1) is 11.3 Å². The summed E-state index contributed by atoms with van der Waals surface area (Å²) in [6.45, 7) is 3.52. The van der Waals surface area contributed by atoms with E-state index in [1.165, 1.54) is 18.2 Å². The number of anilines is 2. The molecule has 1 aromatic carbocycles. The molecule has 1 aliphatic rings. The fourth-order valence-corrected chi connectivity index (χ4v) is 5.28. The molecule has 0 amide bonds. The van der Waals surface area contributed by atoms with E-state index in [1.54, 1.807) is 23.4 Å². The Bertz CT molecular complexity index is 1090. The summed E-state index contributed by atoms with van der Waals surface area (Å²) < 4.78 is 35.6. The van der Waals surface area contributed by atoms with E-state index in [9.17, 15) is 13.9 Å². The Morgan fingerprint density at radius 2 is 2.06 bits per heavy atom. The highest BCUT2D eigenvalue weighted by Gasteiger charge is 2.32. The third-order valence-electron chi connectivity index (χ3n) is 5.97. The molecule has 33 heavy (non-hydrogen) atoms. The second kappa shape index (κ2) is 9.72. The summed E-state index contributed by atoms with van der Waals surface area (Å²) in [5.41, 5.74) is 6.99. The van der Waals surface area contributed by atoms with Crippen molar-refractivity contribution >= 4 is 22.8 Å². The van der Waals surface area contributed by atoms with Crippen molar-refractivity contribution < 1.29 is 18.6 Å². The van der Waals surface area contributed by atoms with Gasteiger partial charge in [-0.1, -0.05) is 13.0 Å². The molecule has 3 heterocycles. The van der Waals surface area contributed by atoms with Crippen molar-refractivity contribution in [2.75, 3.05) is 30.4 Å². The van der Waals surface area contributed by atoms with Crippen molar-refractivity contribution in [3.8, 4) is 10.6 Å². The van der Waals surface area contributed by atoms with E-state index in [1.807, 2.05) is 7.05 Å². The van der Waals surface area contributed by atoms with Gasteiger partial charge in [0.2, 0.25) is 0 Å². The monoisotopic (exact) mass is 478 g/mol. The number of rotatable bonds is 6. The smallest absolute Gasteiger partial charge is 0.169 e. The van der Waals surface area contributed by atoms with Gasteiger partial charge in [0.05, 0.1) is 23.6 Å². The SMILES string of the molecule is CO[C@H]1[C@H](N)CCN(c2c(NC(O)c3csc(-c4c(F)cccc4F)n3)cnn2C)C[C@@H]1C. The summed E-state index contributed by atoms with van der Waals surface area (Å²) in [7, 11) is 3.51. The highest BCUT2D eigenvalue weighted by atomic mass is 32.1. The minimum Gasteiger partial charge on any atom is -0.379 e. The summed E-state index contributed by atoms with van der Waals surface area (Å²) in [5, 5.41) is 19.9. The summed E-state index contributed by atoms with van der Waals surface area (Å²) >= 11 is 1.06. The normalized spacial score (nSPS) is 22.3. The van der Waals surface area contributed by atoms with Crippen molar-refractivity contribution in [3.05, 3.63) is 47.1 Å². The van der Waals surface area contributed by atoms with E-state index in [2.05, 4.69) is 27.2 Å². The lowest BCUT2D eigenvalue weighted by Gasteiger charge is -2.28. The van der Waals surface area contributed by atoms with Gasteiger partial charge in [0.1, 0.15) is 28.2 Å². The lowest BCUT2D eigenvalue weighted by atomic mass is 9.98. The van der Waals surface area contributed by atoms with Crippen LogP contribution in [0.25, 0.3) is 10.6 Å². The maximum atomic E-state index is 14.1. The number of aliphatic hydroxyl groups is 1. The number of ether oxygens (including phenoxy) is 1. The number of nitrogens with one attached hydrogen (secondary N) is 1. The Morgan fingerprint density at radius 3 is 2.76 bits per heavy atom. The minimum atomic E-state index is -1.19. The number of aromatic nitrogens is 3. The van der Waals surface area contributed by atoms with Crippen molar-refractivity contribution in [1.29, 1.82) is 0 Å². The number of hydrogen-bond donors (Lipinski definition) is 3. The number of methoxy groups -OCH3 is 1. The maximum absolute atomic E-state index is 14.1. The molecule has 178 valence electrons. The second-order valence-electron chi connectivity index (χ2n) is 8.30. The molecule has 11 heteroatoms. The topological polar surface area (TPSA) is 101 Å². The van der Waals surface area contributed by atoms with Crippen molar-refractivity contribution in [1.82, 2.24) is 14.8 Å². The molecule has 8 nitrogen and oxygen atoms in total. The zero-order valence-electron chi connectivity index (χ0n) is 18.7. The molecule has 0 aliphatic carbocycles. The first kappa shape index (κ1) is 23.6. The van der Waals surface area contributed by atoms with Crippen LogP contribution in [0, 0.1) is 17.6 Å². The van der Waals surface area contributed by atoms with Gasteiger partial charge in [-0.05, 0) is 18.6 Å². The standard InChI is InChI=1S/C22H28F2N6O2S/c1-12-10-30(8-7-15(25)19(12)32-3)22-16(9-26-29(22)2)27-20(31)17-11-33-21(28-17)18-13(23)5-4-6-14(18)24/h4-6,9,11-12,15,19-20,27,31H,7-8,10,25H2,1-3H3/t12-,15+,19+,20?/m0/s1. The van der Waals surface area contributed by atoms with Crippen molar-refractivity contribution in [2.45, 2.75) is 31.7 Å². The van der Waals surface area contributed by atoms with Crippen molar-refractivity contribution in [2.24, 2.45) is 18.7 Å². The zero-order chi connectivity index (χ0) is 23.7. The highest BCUT2D eigenvalue weighted by Crippen LogP contribution is 2.34. The van der Waals surface area contributed by atoms with E-state index in [4.69, 9.17) is 10.5 Å². The first-order valence-corrected chi connectivity index (χ1v) is 11.6. The van der Waals surface area contributed by atoms with E-state index < -0.39 is 17.9 Å². The van der Waals surface area contributed by atoms with Gasteiger partial charge < -0.3 is 25.8 Å². The quantitative estimate of drug-likeness (QED) is 0.468. The fourth-order valence-electron chi connectivity index (χ4n) is 4.39. The Balaban J connectivity index is 1.55. The van der Waals surface area contributed by atoms with Gasteiger partial charge in [0.25, 0.3) is 0 Å². The van der Waals surface area contributed by atoms with Gasteiger partial charge >= 0.3 is 0 Å². The van der Waals surface area contributed by atoms with Gasteiger partial charge in [0, 0.05) is 44.6 Å². The average Bonchev–Trinajstić information content (AvgIpc) is 3.35. The molecule has 0 bridgehead atoms. The number of nitrogens with zero attached hydrogens (tertiary/aromatic N) is 4. The second-order valence-corrected chi connectivity index (χ2v) is 9.16. The Hall–Kier alpha value is -2.60. The lowest BCUT2D eigenvalue weighted by Crippen LogP contribution is -2.40. The molecule has 0 spiro atoms. The number of thiazole rings is 1. The van der Waals surface area contributed by atoms with Crippen LogP contribution in [0.4, 0.5) is 20.3 Å². The fraction of sp³-hybridized carbons (Fsp3) is 0.455. The summed E-state index contributed by atoms with van der Waals surface area (Å²) in [6, 6.07) is 3.59. The molecule has 3 aromatic rings. The van der Waals surface area contributed by atoms with Gasteiger partial charge in [-0.25, -0.2) is 13.8 Å². The molecule has 0 saturated carbocycles. The lowest BCUT2D eigenvalue weighted by molar-refractivity contribution is 0.0447. The average molecular weight is 479 g/mol. The molecular formula is C22H28F2N6O2S. The number of benzene rings is 1. The van der Waals surface area contributed by atoms with E-state index in [-0.39, 0.29) is 34.3 Å². The predicted molar refractivity (Wildman–Crippen MR) is 124 cm³/mol. The minimum absolute atomic E-state index is 0.0440. The number of hydrogen-bond acceptors (Lipinski definition) is 8. The zero-order valence-corrected chi connectivity index (χ0v) is 19.5. The Morgan fingerprint density at radius 1 is 1.33 bits per heavy atom. The van der Waals surface area contributed by atoms with Crippen LogP contribution in [0.15, 0.2) is 29.8 Å². The maximum Gasteiger partial charge on any atom is 0.169 e. The Kier molecular flexibility index (Phi) is 6.94. The van der Waals surface area contributed by atoms with Crippen LogP contribution < -0.4 is 16.0 Å². The van der Waals surface area contributed by atoms with E-state index in [0.29, 0.717) is 18.8 Å². The third kappa shape index (κ3) is 4.72. The molecule has 1 saturated heterocycles. The molecule has 0 radical (unpaired) electrons. The molecule has 1 fully saturated rings. The Labute approximate surface area is 195 Å².